The van der Waals surface area contributed by atoms with Crippen LogP contribution in [0.25, 0.3) is 0 Å². The summed E-state index contributed by atoms with van der Waals surface area (Å²) in [6, 6.07) is 0. The standard InChI is InChI=1S/C15H25N3OS/c1-11-4-6-15(10-16,7-5-11)14(19)18(3)9-13-8-17-12(2)20-13/h8,11H,4-7,9-10,16H2,1-3H3. The van der Waals surface area contributed by atoms with E-state index in [1.807, 2.05) is 25.1 Å². The average molecular weight is 295 g/mol. The van der Waals surface area contributed by atoms with E-state index < -0.39 is 0 Å². The molecule has 1 fully saturated rings. The molecule has 1 amide bonds. The zero-order valence-corrected chi connectivity index (χ0v) is 13.5. The number of hydrogen-bond acceptors (Lipinski definition) is 4. The van der Waals surface area contributed by atoms with Gasteiger partial charge in [0.05, 0.1) is 17.0 Å². The van der Waals surface area contributed by atoms with Crippen molar-refractivity contribution in [3.8, 4) is 0 Å². The summed E-state index contributed by atoms with van der Waals surface area (Å²) < 4.78 is 0. The van der Waals surface area contributed by atoms with E-state index in [4.69, 9.17) is 5.73 Å². The summed E-state index contributed by atoms with van der Waals surface area (Å²) in [5, 5.41) is 1.04. The van der Waals surface area contributed by atoms with Crippen LogP contribution in [0.2, 0.25) is 0 Å². The third-order valence-electron chi connectivity index (χ3n) is 4.48. The Morgan fingerprint density at radius 3 is 2.70 bits per heavy atom. The molecule has 0 atom stereocenters. The van der Waals surface area contributed by atoms with Gasteiger partial charge in [0.25, 0.3) is 0 Å². The second kappa shape index (κ2) is 6.22. The number of carbonyl (C=O) groups is 1. The monoisotopic (exact) mass is 295 g/mol. The van der Waals surface area contributed by atoms with E-state index in [2.05, 4.69) is 11.9 Å². The molecule has 0 radical (unpaired) electrons. The van der Waals surface area contributed by atoms with Crippen LogP contribution < -0.4 is 5.73 Å². The summed E-state index contributed by atoms with van der Waals surface area (Å²) in [5.41, 5.74) is 5.63. The van der Waals surface area contributed by atoms with Gasteiger partial charge in [0.1, 0.15) is 0 Å². The van der Waals surface area contributed by atoms with Crippen LogP contribution in [0.3, 0.4) is 0 Å². The summed E-state index contributed by atoms with van der Waals surface area (Å²) in [6.07, 6.45) is 5.93. The van der Waals surface area contributed by atoms with Crippen LogP contribution in [0.4, 0.5) is 0 Å². The molecule has 1 aromatic rings. The van der Waals surface area contributed by atoms with Crippen LogP contribution in [0.1, 0.15) is 42.5 Å². The van der Waals surface area contributed by atoms with Gasteiger partial charge in [-0.05, 0) is 38.5 Å². The Morgan fingerprint density at radius 2 is 2.20 bits per heavy atom. The first-order chi connectivity index (χ1) is 9.47. The van der Waals surface area contributed by atoms with Gasteiger partial charge < -0.3 is 10.6 Å². The fourth-order valence-corrected chi connectivity index (χ4v) is 3.86. The fraction of sp³-hybridized carbons (Fsp3) is 0.733. The number of rotatable bonds is 4. The molecular weight excluding hydrogens is 270 g/mol. The predicted octanol–water partition coefficient (Wildman–Crippen LogP) is 2.57. The third-order valence-corrected chi connectivity index (χ3v) is 5.38. The lowest BCUT2D eigenvalue weighted by Crippen LogP contribution is -2.48. The van der Waals surface area contributed by atoms with Crippen LogP contribution in [0.15, 0.2) is 6.20 Å². The third kappa shape index (κ3) is 3.20. The number of thiazole rings is 1. The Kier molecular flexibility index (Phi) is 4.81. The van der Waals surface area contributed by atoms with Gasteiger partial charge in [-0.15, -0.1) is 11.3 Å². The van der Waals surface area contributed by atoms with Crippen molar-refractivity contribution < 1.29 is 4.79 Å². The molecule has 4 nitrogen and oxygen atoms in total. The normalized spacial score (nSPS) is 26.5. The highest BCUT2D eigenvalue weighted by Gasteiger charge is 2.41. The molecule has 1 aliphatic carbocycles. The van der Waals surface area contributed by atoms with E-state index in [0.717, 1.165) is 41.5 Å². The Hall–Kier alpha value is -0.940. The summed E-state index contributed by atoms with van der Waals surface area (Å²) in [4.78, 5) is 20.0. The maximum atomic E-state index is 12.8. The number of nitrogens with zero attached hydrogens (tertiary/aromatic N) is 2. The first kappa shape index (κ1) is 15.4. The second-order valence-corrected chi connectivity index (χ2v) is 7.49. The van der Waals surface area contributed by atoms with Crippen molar-refractivity contribution in [2.75, 3.05) is 13.6 Å². The lowest BCUT2D eigenvalue weighted by molar-refractivity contribution is -0.143. The largest absolute Gasteiger partial charge is 0.340 e. The molecule has 0 unspecified atom stereocenters. The lowest BCUT2D eigenvalue weighted by Gasteiger charge is -2.39. The van der Waals surface area contributed by atoms with Gasteiger partial charge in [-0.2, -0.15) is 0 Å². The zero-order chi connectivity index (χ0) is 14.8. The van der Waals surface area contributed by atoms with Crippen molar-refractivity contribution in [1.82, 2.24) is 9.88 Å². The number of amides is 1. The van der Waals surface area contributed by atoms with E-state index in [1.165, 1.54) is 0 Å². The predicted molar refractivity (Wildman–Crippen MR) is 82.4 cm³/mol. The maximum Gasteiger partial charge on any atom is 0.230 e. The Morgan fingerprint density at radius 1 is 1.55 bits per heavy atom. The molecular formula is C15H25N3OS. The number of nitrogens with two attached hydrogens (primary N) is 1. The van der Waals surface area contributed by atoms with E-state index >= 15 is 0 Å². The summed E-state index contributed by atoms with van der Waals surface area (Å²) >= 11 is 1.65. The Balaban J connectivity index is 2.04. The van der Waals surface area contributed by atoms with Gasteiger partial charge in [0.2, 0.25) is 5.91 Å². The van der Waals surface area contributed by atoms with Gasteiger partial charge >= 0.3 is 0 Å². The van der Waals surface area contributed by atoms with Gasteiger partial charge in [0.15, 0.2) is 0 Å². The van der Waals surface area contributed by atoms with Crippen LogP contribution >= 0.6 is 11.3 Å². The summed E-state index contributed by atoms with van der Waals surface area (Å²) in [5.74, 6) is 0.926. The topological polar surface area (TPSA) is 59.2 Å². The molecule has 2 N–H and O–H groups in total. The van der Waals surface area contributed by atoms with Crippen LogP contribution in [0, 0.1) is 18.3 Å². The molecule has 1 saturated carbocycles. The number of hydrogen-bond donors (Lipinski definition) is 1. The molecule has 0 saturated heterocycles. The van der Waals surface area contributed by atoms with Gasteiger partial charge in [-0.25, -0.2) is 4.98 Å². The molecule has 1 aromatic heterocycles. The van der Waals surface area contributed by atoms with E-state index in [-0.39, 0.29) is 11.3 Å². The first-order valence-electron chi connectivity index (χ1n) is 7.34. The molecule has 5 heteroatoms. The van der Waals surface area contributed by atoms with E-state index in [9.17, 15) is 4.79 Å². The smallest absolute Gasteiger partial charge is 0.230 e. The van der Waals surface area contributed by atoms with Crippen molar-refractivity contribution in [2.24, 2.45) is 17.1 Å². The molecule has 20 heavy (non-hydrogen) atoms. The van der Waals surface area contributed by atoms with Crippen molar-refractivity contribution >= 4 is 17.2 Å². The highest BCUT2D eigenvalue weighted by atomic mass is 32.1. The number of aryl methyl sites for hydroxylation is 1. The molecule has 0 aliphatic heterocycles. The zero-order valence-electron chi connectivity index (χ0n) is 12.7. The van der Waals surface area contributed by atoms with Crippen LogP contribution in [0.5, 0.6) is 0 Å². The molecule has 1 aliphatic rings. The summed E-state index contributed by atoms with van der Waals surface area (Å²) in [7, 11) is 1.88. The number of carbonyl (C=O) groups excluding carboxylic acids is 1. The summed E-state index contributed by atoms with van der Waals surface area (Å²) in [6.45, 7) is 5.35. The van der Waals surface area contributed by atoms with Crippen LogP contribution in [-0.4, -0.2) is 29.4 Å². The van der Waals surface area contributed by atoms with Gasteiger partial charge in [-0.1, -0.05) is 6.92 Å². The average Bonchev–Trinajstić information content (AvgIpc) is 2.84. The Bertz CT molecular complexity index is 463. The molecule has 1 heterocycles. The van der Waals surface area contributed by atoms with Gasteiger partial charge in [-0.3, -0.25) is 4.79 Å². The molecule has 112 valence electrons. The quantitative estimate of drug-likeness (QED) is 0.928. The van der Waals surface area contributed by atoms with E-state index in [0.29, 0.717) is 13.1 Å². The first-order valence-corrected chi connectivity index (χ1v) is 8.15. The van der Waals surface area contributed by atoms with Crippen molar-refractivity contribution in [2.45, 2.75) is 46.1 Å². The Labute approximate surface area is 125 Å². The van der Waals surface area contributed by atoms with Crippen molar-refractivity contribution in [1.29, 1.82) is 0 Å². The minimum absolute atomic E-state index is 0.206. The van der Waals surface area contributed by atoms with Crippen molar-refractivity contribution in [3.63, 3.8) is 0 Å². The minimum Gasteiger partial charge on any atom is -0.340 e. The molecule has 2 rings (SSSR count). The molecule has 0 bridgehead atoms. The number of aromatic nitrogens is 1. The van der Waals surface area contributed by atoms with Crippen molar-refractivity contribution in [3.05, 3.63) is 16.1 Å². The molecule has 0 spiro atoms. The SMILES string of the molecule is Cc1ncc(CN(C)C(=O)C2(CN)CCC(C)CC2)s1. The van der Waals surface area contributed by atoms with Crippen LogP contribution in [-0.2, 0) is 11.3 Å². The second-order valence-electron chi connectivity index (χ2n) is 6.17. The van der Waals surface area contributed by atoms with Gasteiger partial charge in [0, 0.05) is 24.7 Å². The fourth-order valence-electron chi connectivity index (χ4n) is 3.01. The molecule has 0 aromatic carbocycles. The highest BCUT2D eigenvalue weighted by molar-refractivity contribution is 7.11. The highest BCUT2D eigenvalue weighted by Crippen LogP contribution is 2.39. The van der Waals surface area contributed by atoms with E-state index in [1.54, 1.807) is 11.3 Å². The lowest BCUT2D eigenvalue weighted by atomic mass is 9.70. The maximum absolute atomic E-state index is 12.8. The minimum atomic E-state index is -0.332.